The molecule has 0 saturated carbocycles. The second-order valence-electron chi connectivity index (χ2n) is 7.02. The molecule has 0 spiro atoms. The number of hydrogen-bond donors (Lipinski definition) is 0. The Bertz CT molecular complexity index is 421. The molecule has 0 aliphatic carbocycles. The maximum atomic E-state index is 6.22. The highest BCUT2D eigenvalue weighted by Crippen LogP contribution is 2.28. The summed E-state index contributed by atoms with van der Waals surface area (Å²) < 4.78 is 12.3. The zero-order valence-electron chi connectivity index (χ0n) is 14.7. The smallest absolute Gasteiger partial charge is 0.125 e. The summed E-state index contributed by atoms with van der Waals surface area (Å²) in [5.41, 5.74) is 0.913. The van der Waals surface area contributed by atoms with Crippen molar-refractivity contribution in [1.29, 1.82) is 0 Å². The topological polar surface area (TPSA) is 18.5 Å². The zero-order valence-corrected chi connectivity index (χ0v) is 14.7. The van der Waals surface area contributed by atoms with Crippen molar-refractivity contribution in [2.75, 3.05) is 0 Å². The van der Waals surface area contributed by atoms with E-state index in [1.165, 1.54) is 0 Å². The van der Waals surface area contributed by atoms with E-state index in [1.807, 2.05) is 18.2 Å². The van der Waals surface area contributed by atoms with Gasteiger partial charge in [0.15, 0.2) is 0 Å². The van der Waals surface area contributed by atoms with Gasteiger partial charge in [-0.1, -0.05) is 44.9 Å². The predicted octanol–water partition coefficient (Wildman–Crippen LogP) is 5.74. The minimum absolute atomic E-state index is 0.0825. The van der Waals surface area contributed by atoms with E-state index in [-0.39, 0.29) is 11.2 Å². The quantitative estimate of drug-likeness (QED) is 0.578. The Morgan fingerprint density at radius 1 is 0.857 bits per heavy atom. The van der Waals surface area contributed by atoms with Crippen LogP contribution in [0.1, 0.15) is 72.8 Å². The summed E-state index contributed by atoms with van der Waals surface area (Å²) in [5, 5.41) is 0. The molecule has 0 aliphatic heterocycles. The van der Waals surface area contributed by atoms with Crippen molar-refractivity contribution in [2.45, 2.75) is 85.0 Å². The normalized spacial score (nSPS) is 12.5. The first-order chi connectivity index (χ1) is 9.79. The van der Waals surface area contributed by atoms with Crippen molar-refractivity contribution in [1.82, 2.24) is 0 Å². The Kier molecular flexibility index (Phi) is 6.73. The van der Waals surface area contributed by atoms with Crippen molar-refractivity contribution < 1.29 is 9.47 Å². The average molecular weight is 292 g/mol. The van der Waals surface area contributed by atoms with Crippen LogP contribution in [0.25, 0.3) is 0 Å². The van der Waals surface area contributed by atoms with Gasteiger partial charge in [-0.05, 0) is 46.6 Å². The van der Waals surface area contributed by atoms with Crippen LogP contribution in [-0.2, 0) is 11.3 Å². The lowest BCUT2D eigenvalue weighted by Gasteiger charge is -2.29. The van der Waals surface area contributed by atoms with E-state index in [4.69, 9.17) is 9.47 Å². The van der Waals surface area contributed by atoms with Crippen LogP contribution in [0.4, 0.5) is 0 Å². The molecule has 0 amide bonds. The van der Waals surface area contributed by atoms with E-state index in [1.54, 1.807) is 0 Å². The van der Waals surface area contributed by atoms with Crippen LogP contribution in [0, 0.1) is 0 Å². The second-order valence-corrected chi connectivity index (χ2v) is 7.02. The second kappa shape index (κ2) is 7.84. The summed E-state index contributed by atoms with van der Waals surface area (Å²) in [6.07, 6.45) is 4.37. The van der Waals surface area contributed by atoms with Crippen LogP contribution in [0.5, 0.6) is 5.75 Å². The lowest BCUT2D eigenvalue weighted by Crippen LogP contribution is -2.28. The Labute approximate surface area is 130 Å². The number of rotatable bonds is 9. The molecule has 0 fully saturated rings. The van der Waals surface area contributed by atoms with E-state index >= 15 is 0 Å². The molecule has 0 unspecified atom stereocenters. The fourth-order valence-electron chi connectivity index (χ4n) is 2.62. The van der Waals surface area contributed by atoms with Gasteiger partial charge in [0.05, 0.1) is 12.2 Å². The summed E-state index contributed by atoms with van der Waals surface area (Å²) in [6.45, 7) is 13.6. The first kappa shape index (κ1) is 18.0. The Balaban J connectivity index is 2.76. The SMILES string of the molecule is CCCC(C)(C)OCc1ccccc1OC(C)(C)CCC. The summed E-state index contributed by atoms with van der Waals surface area (Å²) >= 11 is 0. The lowest BCUT2D eigenvalue weighted by molar-refractivity contribution is -0.0369. The zero-order chi connectivity index (χ0) is 15.9. The fraction of sp³-hybridized carbons (Fsp3) is 0.684. The maximum absolute atomic E-state index is 6.22. The molecule has 120 valence electrons. The van der Waals surface area contributed by atoms with E-state index in [9.17, 15) is 0 Å². The molecule has 21 heavy (non-hydrogen) atoms. The van der Waals surface area contributed by atoms with Gasteiger partial charge >= 0.3 is 0 Å². The number of ether oxygens (including phenoxy) is 2. The minimum atomic E-state index is -0.135. The molecule has 0 radical (unpaired) electrons. The van der Waals surface area contributed by atoms with E-state index in [0.717, 1.165) is 37.0 Å². The molecule has 1 aromatic carbocycles. The molecule has 0 saturated heterocycles. The molecule has 2 nitrogen and oxygen atoms in total. The van der Waals surface area contributed by atoms with Gasteiger partial charge in [0.1, 0.15) is 11.4 Å². The first-order valence-corrected chi connectivity index (χ1v) is 8.20. The first-order valence-electron chi connectivity index (χ1n) is 8.20. The summed E-state index contributed by atoms with van der Waals surface area (Å²) in [6, 6.07) is 8.21. The third-order valence-corrected chi connectivity index (χ3v) is 3.68. The molecule has 0 bridgehead atoms. The van der Waals surface area contributed by atoms with Gasteiger partial charge in [0.25, 0.3) is 0 Å². The van der Waals surface area contributed by atoms with Crippen LogP contribution >= 0.6 is 0 Å². The molecular formula is C19H32O2. The maximum Gasteiger partial charge on any atom is 0.125 e. The van der Waals surface area contributed by atoms with Gasteiger partial charge in [0.2, 0.25) is 0 Å². The Hall–Kier alpha value is -1.02. The highest BCUT2D eigenvalue weighted by Gasteiger charge is 2.21. The average Bonchev–Trinajstić information content (AvgIpc) is 2.37. The van der Waals surface area contributed by atoms with Crippen LogP contribution in [0.2, 0.25) is 0 Å². The molecule has 0 N–H and O–H groups in total. The van der Waals surface area contributed by atoms with E-state index in [2.05, 4.69) is 47.6 Å². The molecule has 1 rings (SSSR count). The van der Waals surface area contributed by atoms with Crippen molar-refractivity contribution in [3.8, 4) is 5.75 Å². The molecule has 0 aliphatic rings. The summed E-state index contributed by atoms with van der Waals surface area (Å²) in [7, 11) is 0. The third kappa shape index (κ3) is 6.52. The van der Waals surface area contributed by atoms with Crippen molar-refractivity contribution >= 4 is 0 Å². The van der Waals surface area contributed by atoms with Crippen molar-refractivity contribution in [3.05, 3.63) is 29.8 Å². The monoisotopic (exact) mass is 292 g/mol. The molecule has 2 heteroatoms. The third-order valence-electron chi connectivity index (χ3n) is 3.68. The fourth-order valence-corrected chi connectivity index (χ4v) is 2.62. The largest absolute Gasteiger partial charge is 0.487 e. The van der Waals surface area contributed by atoms with Gasteiger partial charge in [0, 0.05) is 5.56 Å². The summed E-state index contributed by atoms with van der Waals surface area (Å²) in [4.78, 5) is 0. The lowest BCUT2D eigenvalue weighted by atomic mass is 10.0. The van der Waals surface area contributed by atoms with Crippen LogP contribution < -0.4 is 4.74 Å². The highest BCUT2D eigenvalue weighted by atomic mass is 16.5. The Morgan fingerprint density at radius 2 is 1.43 bits per heavy atom. The Morgan fingerprint density at radius 3 is 2.05 bits per heavy atom. The van der Waals surface area contributed by atoms with Gasteiger partial charge in [-0.25, -0.2) is 0 Å². The predicted molar refractivity (Wildman–Crippen MR) is 89.8 cm³/mol. The van der Waals surface area contributed by atoms with Gasteiger partial charge in [-0.3, -0.25) is 0 Å². The van der Waals surface area contributed by atoms with Crippen molar-refractivity contribution in [3.63, 3.8) is 0 Å². The molecule has 0 heterocycles. The van der Waals surface area contributed by atoms with Gasteiger partial charge in [-0.15, -0.1) is 0 Å². The van der Waals surface area contributed by atoms with Crippen molar-refractivity contribution in [2.24, 2.45) is 0 Å². The highest BCUT2D eigenvalue weighted by molar-refractivity contribution is 5.33. The number of hydrogen-bond acceptors (Lipinski definition) is 2. The minimum Gasteiger partial charge on any atom is -0.487 e. The van der Waals surface area contributed by atoms with Crippen LogP contribution in [0.15, 0.2) is 24.3 Å². The van der Waals surface area contributed by atoms with Crippen LogP contribution in [-0.4, -0.2) is 11.2 Å². The molecule has 0 atom stereocenters. The number of para-hydroxylation sites is 1. The van der Waals surface area contributed by atoms with E-state index in [0.29, 0.717) is 6.61 Å². The molecule has 1 aromatic rings. The van der Waals surface area contributed by atoms with Gasteiger partial charge in [-0.2, -0.15) is 0 Å². The molecular weight excluding hydrogens is 260 g/mol. The standard InChI is InChI=1S/C19H32O2/c1-7-13-18(3,4)20-15-16-11-9-10-12-17(16)21-19(5,6)14-8-2/h9-12H,7-8,13-15H2,1-6H3. The van der Waals surface area contributed by atoms with E-state index < -0.39 is 0 Å². The van der Waals surface area contributed by atoms with Crippen LogP contribution in [0.3, 0.4) is 0 Å². The molecule has 0 aromatic heterocycles. The van der Waals surface area contributed by atoms with Gasteiger partial charge < -0.3 is 9.47 Å². The number of benzene rings is 1. The summed E-state index contributed by atoms with van der Waals surface area (Å²) in [5.74, 6) is 0.947.